The first-order valence-electron chi connectivity index (χ1n) is 12.2. The van der Waals surface area contributed by atoms with E-state index in [4.69, 9.17) is 23.2 Å². The van der Waals surface area contributed by atoms with Gasteiger partial charge in [0.15, 0.2) is 0 Å². The molecule has 186 valence electrons. The third kappa shape index (κ3) is 5.13. The molecule has 0 atom stereocenters. The van der Waals surface area contributed by atoms with Gasteiger partial charge in [0.1, 0.15) is 11.6 Å². The summed E-state index contributed by atoms with van der Waals surface area (Å²) in [5.74, 6) is -0.956. The van der Waals surface area contributed by atoms with Gasteiger partial charge < -0.3 is 0 Å². The van der Waals surface area contributed by atoms with Gasteiger partial charge in [-0.3, -0.25) is 9.29 Å². The van der Waals surface area contributed by atoms with Crippen molar-refractivity contribution < 1.29 is 13.2 Å². The quantitative estimate of drug-likeness (QED) is 0.310. The number of halogens is 5. The van der Waals surface area contributed by atoms with E-state index < -0.39 is 11.6 Å². The lowest BCUT2D eigenvalue weighted by Crippen LogP contribution is -2.40. The van der Waals surface area contributed by atoms with Gasteiger partial charge in [-0.15, -0.1) is 0 Å². The van der Waals surface area contributed by atoms with Crippen LogP contribution in [0.3, 0.4) is 0 Å². The van der Waals surface area contributed by atoms with E-state index in [0.29, 0.717) is 48.1 Å². The molecule has 0 saturated carbocycles. The van der Waals surface area contributed by atoms with E-state index in [1.54, 1.807) is 18.2 Å². The van der Waals surface area contributed by atoms with Crippen molar-refractivity contribution in [1.82, 2.24) is 4.90 Å². The molecule has 1 aliphatic carbocycles. The van der Waals surface area contributed by atoms with E-state index in [9.17, 15) is 4.39 Å². The number of fused-ring (bicyclic) bond motifs is 1. The van der Waals surface area contributed by atoms with Crippen molar-refractivity contribution in [2.75, 3.05) is 26.3 Å². The van der Waals surface area contributed by atoms with Crippen molar-refractivity contribution in [2.24, 2.45) is 0 Å². The average Bonchev–Trinajstić information content (AvgIpc) is 3.02. The minimum atomic E-state index is -0.480. The highest BCUT2D eigenvalue weighted by Crippen LogP contribution is 2.43. The predicted molar refractivity (Wildman–Crippen MR) is 143 cm³/mol. The van der Waals surface area contributed by atoms with E-state index in [2.05, 4.69) is 4.90 Å². The maximum Gasteiger partial charge on any atom is 0.131 e. The molecule has 1 fully saturated rings. The summed E-state index contributed by atoms with van der Waals surface area (Å²) < 4.78 is 43.6. The zero-order chi connectivity index (χ0) is 25.2. The molecule has 3 aromatic carbocycles. The van der Waals surface area contributed by atoms with Crippen LogP contribution in [0.5, 0.6) is 0 Å². The van der Waals surface area contributed by atoms with Crippen LogP contribution in [0, 0.1) is 11.6 Å². The van der Waals surface area contributed by atoms with Gasteiger partial charge >= 0.3 is 0 Å². The molecule has 0 amide bonds. The topological polar surface area (TPSA) is 3.24 Å². The van der Waals surface area contributed by atoms with Crippen LogP contribution < -0.4 is 0 Å². The standard InChI is InChI=1S/C30H26Cl2F3N/c31-22-9-10-24(27(32)15-22)25-8-3-6-20-5-1-2-7-23(20)30(25)26-16-28(34)21(14-29(26)35)13-19-17-36(18-19)12-4-11-33/h1-2,5,7,9-10,13-16H,3-4,6,8,11-12,17-18H2. The highest BCUT2D eigenvalue weighted by Gasteiger charge is 2.25. The highest BCUT2D eigenvalue weighted by molar-refractivity contribution is 6.36. The molecule has 6 heteroatoms. The lowest BCUT2D eigenvalue weighted by atomic mass is 9.87. The van der Waals surface area contributed by atoms with E-state index in [0.717, 1.165) is 40.7 Å². The van der Waals surface area contributed by atoms with Crippen LogP contribution in [0.4, 0.5) is 13.2 Å². The molecular formula is C30H26Cl2F3N. The first-order chi connectivity index (χ1) is 17.4. The second kappa shape index (κ2) is 10.8. The molecule has 1 saturated heterocycles. The van der Waals surface area contributed by atoms with Crippen molar-refractivity contribution >= 4 is 40.4 Å². The maximum atomic E-state index is 15.8. The van der Waals surface area contributed by atoms with Crippen molar-refractivity contribution in [3.8, 4) is 0 Å². The van der Waals surface area contributed by atoms with E-state index in [1.165, 1.54) is 12.1 Å². The second-order valence-electron chi connectivity index (χ2n) is 9.40. The number of hydrogen-bond acceptors (Lipinski definition) is 1. The second-order valence-corrected chi connectivity index (χ2v) is 10.2. The van der Waals surface area contributed by atoms with Crippen molar-refractivity contribution in [3.63, 3.8) is 0 Å². The van der Waals surface area contributed by atoms with Crippen LogP contribution in [0.2, 0.25) is 10.0 Å². The molecule has 1 heterocycles. The number of nitrogens with zero attached hydrogens (tertiary/aromatic N) is 1. The van der Waals surface area contributed by atoms with Crippen LogP contribution in [-0.4, -0.2) is 31.2 Å². The number of rotatable bonds is 6. The maximum absolute atomic E-state index is 15.8. The zero-order valence-corrected chi connectivity index (χ0v) is 21.3. The van der Waals surface area contributed by atoms with Crippen LogP contribution in [0.15, 0.2) is 60.2 Å². The Balaban J connectivity index is 1.60. The smallest absolute Gasteiger partial charge is 0.131 e. The molecule has 0 aromatic heterocycles. The Hall–Kier alpha value is -2.53. The molecule has 0 spiro atoms. The number of likely N-dealkylation sites (tertiary alicyclic amines) is 1. The van der Waals surface area contributed by atoms with Gasteiger partial charge in [0.25, 0.3) is 0 Å². The fourth-order valence-corrected chi connectivity index (χ4v) is 5.70. The molecule has 0 unspecified atom stereocenters. The first-order valence-corrected chi connectivity index (χ1v) is 12.9. The Kier molecular flexibility index (Phi) is 7.57. The molecule has 0 bridgehead atoms. The molecule has 2 aliphatic rings. The summed E-state index contributed by atoms with van der Waals surface area (Å²) in [5.41, 5.74) is 5.78. The van der Waals surface area contributed by atoms with Gasteiger partial charge in [0.05, 0.1) is 6.67 Å². The molecule has 0 radical (unpaired) electrons. The summed E-state index contributed by atoms with van der Waals surface area (Å²) in [5, 5.41) is 1.01. The highest BCUT2D eigenvalue weighted by atomic mass is 35.5. The Labute approximate surface area is 219 Å². The molecule has 1 nitrogen and oxygen atoms in total. The predicted octanol–water partition coefficient (Wildman–Crippen LogP) is 8.63. The minimum absolute atomic E-state index is 0.225. The van der Waals surface area contributed by atoms with Gasteiger partial charge in [-0.1, -0.05) is 59.6 Å². The molecule has 0 N–H and O–H groups in total. The van der Waals surface area contributed by atoms with Crippen LogP contribution in [0.25, 0.3) is 17.2 Å². The van der Waals surface area contributed by atoms with Crippen molar-refractivity contribution in [3.05, 3.63) is 110 Å². The monoisotopic (exact) mass is 527 g/mol. The summed E-state index contributed by atoms with van der Waals surface area (Å²) in [6, 6.07) is 15.8. The number of benzene rings is 3. The average molecular weight is 528 g/mol. The SMILES string of the molecule is FCCCN1CC(=Cc2cc(F)c(C3=C(c4ccc(Cl)cc4Cl)CCCc4ccccc43)cc2F)C1. The van der Waals surface area contributed by atoms with Crippen molar-refractivity contribution in [2.45, 2.75) is 25.7 Å². The zero-order valence-electron chi connectivity index (χ0n) is 19.8. The van der Waals surface area contributed by atoms with E-state index in [1.807, 2.05) is 30.3 Å². The summed E-state index contributed by atoms with van der Waals surface area (Å²) in [4.78, 5) is 2.09. The molecular weight excluding hydrogens is 502 g/mol. The summed E-state index contributed by atoms with van der Waals surface area (Å²) in [6.07, 6.45) is 4.57. The van der Waals surface area contributed by atoms with E-state index >= 15 is 8.78 Å². The third-order valence-electron chi connectivity index (χ3n) is 6.89. The molecule has 36 heavy (non-hydrogen) atoms. The summed E-state index contributed by atoms with van der Waals surface area (Å²) in [6.45, 7) is 1.63. The molecule has 1 aliphatic heterocycles. The molecule has 3 aromatic rings. The van der Waals surface area contributed by atoms with Crippen LogP contribution in [0.1, 0.15) is 47.1 Å². The Morgan fingerprint density at radius 3 is 2.44 bits per heavy atom. The fraction of sp³-hybridized carbons (Fsp3) is 0.267. The number of hydrogen-bond donors (Lipinski definition) is 0. The third-order valence-corrected chi connectivity index (χ3v) is 7.44. The largest absolute Gasteiger partial charge is 0.295 e. The van der Waals surface area contributed by atoms with Crippen molar-refractivity contribution in [1.29, 1.82) is 0 Å². The Bertz CT molecular complexity index is 1350. The van der Waals surface area contributed by atoms with Gasteiger partial charge in [-0.2, -0.15) is 0 Å². The van der Waals surface area contributed by atoms with Crippen LogP contribution >= 0.6 is 23.2 Å². The number of aryl methyl sites for hydroxylation is 1. The van der Waals surface area contributed by atoms with Gasteiger partial charge in [-0.25, -0.2) is 8.78 Å². The Morgan fingerprint density at radius 2 is 1.67 bits per heavy atom. The van der Waals surface area contributed by atoms with Gasteiger partial charge in [0, 0.05) is 40.8 Å². The van der Waals surface area contributed by atoms with Crippen LogP contribution in [-0.2, 0) is 6.42 Å². The lowest BCUT2D eigenvalue weighted by Gasteiger charge is -2.33. The van der Waals surface area contributed by atoms with Gasteiger partial charge in [0.2, 0.25) is 0 Å². The summed E-state index contributed by atoms with van der Waals surface area (Å²) >= 11 is 12.7. The fourth-order valence-electron chi connectivity index (χ4n) is 5.18. The normalized spacial score (nSPS) is 16.0. The Morgan fingerprint density at radius 1 is 0.861 bits per heavy atom. The summed E-state index contributed by atoms with van der Waals surface area (Å²) in [7, 11) is 0. The minimum Gasteiger partial charge on any atom is -0.295 e. The number of alkyl halides is 1. The number of allylic oxidation sites excluding steroid dienone is 1. The van der Waals surface area contributed by atoms with E-state index in [-0.39, 0.29) is 17.8 Å². The lowest BCUT2D eigenvalue weighted by molar-refractivity contribution is 0.239. The van der Waals surface area contributed by atoms with Gasteiger partial charge in [-0.05, 0) is 83.4 Å². The first kappa shape index (κ1) is 25.1. The molecule has 5 rings (SSSR count).